The van der Waals surface area contributed by atoms with Crippen LogP contribution in [0.15, 0.2) is 48.8 Å². The van der Waals surface area contributed by atoms with Gasteiger partial charge in [0.2, 0.25) is 0 Å². The first-order valence-electron chi connectivity index (χ1n) is 6.29. The summed E-state index contributed by atoms with van der Waals surface area (Å²) in [6.45, 7) is 0. The van der Waals surface area contributed by atoms with E-state index in [1.807, 2.05) is 40.9 Å². The van der Waals surface area contributed by atoms with Crippen LogP contribution in [0.1, 0.15) is 16.8 Å². The molecule has 4 nitrogen and oxygen atoms in total. The number of benzene rings is 1. The molecule has 0 bridgehead atoms. The predicted octanol–water partition coefficient (Wildman–Crippen LogP) is 2.81. The second kappa shape index (κ2) is 5.06. The molecule has 0 unspecified atom stereocenters. The standard InChI is InChI=1S/C16H13N3O/c1-20-15-5-2-12(3-6-15)8-14-11-19-10-13(9-17)4-7-16(19)18-14/h2-7,10-11H,8H2,1H3. The number of imidazole rings is 1. The monoisotopic (exact) mass is 263 g/mol. The maximum atomic E-state index is 8.89. The minimum Gasteiger partial charge on any atom is -0.497 e. The van der Waals surface area contributed by atoms with Crippen LogP contribution in [-0.2, 0) is 6.42 Å². The normalized spacial score (nSPS) is 10.4. The predicted molar refractivity (Wildman–Crippen MR) is 75.7 cm³/mol. The van der Waals surface area contributed by atoms with Crippen molar-refractivity contribution < 1.29 is 4.74 Å². The molecule has 0 saturated heterocycles. The maximum Gasteiger partial charge on any atom is 0.137 e. The van der Waals surface area contributed by atoms with Crippen LogP contribution >= 0.6 is 0 Å². The number of hydrogen-bond acceptors (Lipinski definition) is 3. The van der Waals surface area contributed by atoms with Gasteiger partial charge >= 0.3 is 0 Å². The maximum absolute atomic E-state index is 8.89. The van der Waals surface area contributed by atoms with Crippen molar-refractivity contribution in [1.29, 1.82) is 5.26 Å². The van der Waals surface area contributed by atoms with E-state index in [1.165, 1.54) is 5.56 Å². The minimum atomic E-state index is 0.630. The molecule has 3 aromatic rings. The van der Waals surface area contributed by atoms with Gasteiger partial charge in [0.1, 0.15) is 17.5 Å². The van der Waals surface area contributed by atoms with Crippen LogP contribution in [0.5, 0.6) is 5.75 Å². The smallest absolute Gasteiger partial charge is 0.137 e. The Balaban J connectivity index is 1.88. The first-order valence-corrected chi connectivity index (χ1v) is 6.29. The van der Waals surface area contributed by atoms with E-state index in [0.29, 0.717) is 5.56 Å². The molecule has 20 heavy (non-hydrogen) atoms. The molecule has 0 aliphatic rings. The van der Waals surface area contributed by atoms with E-state index in [-0.39, 0.29) is 0 Å². The molecule has 0 N–H and O–H groups in total. The van der Waals surface area contributed by atoms with Crippen LogP contribution in [0.25, 0.3) is 5.65 Å². The molecule has 2 heterocycles. The number of ether oxygens (including phenoxy) is 1. The topological polar surface area (TPSA) is 50.3 Å². The zero-order valence-corrected chi connectivity index (χ0v) is 11.1. The molecule has 0 amide bonds. The molecule has 0 fully saturated rings. The molecule has 0 atom stereocenters. The minimum absolute atomic E-state index is 0.630. The first-order chi connectivity index (χ1) is 9.78. The number of nitriles is 1. The molecule has 98 valence electrons. The third-order valence-corrected chi connectivity index (χ3v) is 3.17. The molecular weight excluding hydrogens is 250 g/mol. The fourth-order valence-electron chi connectivity index (χ4n) is 2.15. The Bertz CT molecular complexity index is 782. The van der Waals surface area contributed by atoms with Gasteiger partial charge in [-0.1, -0.05) is 12.1 Å². The van der Waals surface area contributed by atoms with E-state index in [4.69, 9.17) is 10.00 Å². The van der Waals surface area contributed by atoms with E-state index >= 15 is 0 Å². The number of rotatable bonds is 3. The summed E-state index contributed by atoms with van der Waals surface area (Å²) < 4.78 is 7.03. The third-order valence-electron chi connectivity index (χ3n) is 3.17. The summed E-state index contributed by atoms with van der Waals surface area (Å²) >= 11 is 0. The second-order valence-electron chi connectivity index (χ2n) is 4.55. The lowest BCUT2D eigenvalue weighted by molar-refractivity contribution is 0.414. The Kier molecular flexibility index (Phi) is 3.10. The van der Waals surface area contributed by atoms with Crippen LogP contribution in [0.3, 0.4) is 0 Å². The van der Waals surface area contributed by atoms with Crippen molar-refractivity contribution in [2.24, 2.45) is 0 Å². The van der Waals surface area contributed by atoms with E-state index in [2.05, 4.69) is 11.1 Å². The van der Waals surface area contributed by atoms with Gasteiger partial charge in [0, 0.05) is 18.8 Å². The quantitative estimate of drug-likeness (QED) is 0.730. The highest BCUT2D eigenvalue weighted by Gasteiger charge is 2.04. The van der Waals surface area contributed by atoms with Crippen molar-refractivity contribution in [1.82, 2.24) is 9.38 Å². The van der Waals surface area contributed by atoms with Gasteiger partial charge in [0.05, 0.1) is 18.4 Å². The second-order valence-corrected chi connectivity index (χ2v) is 4.55. The fourth-order valence-corrected chi connectivity index (χ4v) is 2.15. The molecule has 4 heteroatoms. The molecule has 2 aromatic heterocycles. The molecule has 0 aliphatic carbocycles. The lowest BCUT2D eigenvalue weighted by Crippen LogP contribution is -1.89. The van der Waals surface area contributed by atoms with Gasteiger partial charge in [-0.3, -0.25) is 0 Å². The summed E-state index contributed by atoms with van der Waals surface area (Å²) in [6, 6.07) is 13.7. The largest absolute Gasteiger partial charge is 0.497 e. The summed E-state index contributed by atoms with van der Waals surface area (Å²) in [5.74, 6) is 0.849. The molecular formula is C16H13N3O. The number of hydrogen-bond donors (Lipinski definition) is 0. The number of methoxy groups -OCH3 is 1. The van der Waals surface area contributed by atoms with Crippen LogP contribution in [-0.4, -0.2) is 16.5 Å². The summed E-state index contributed by atoms with van der Waals surface area (Å²) in [4.78, 5) is 4.55. The Morgan fingerprint density at radius 2 is 1.95 bits per heavy atom. The summed E-state index contributed by atoms with van der Waals surface area (Å²) in [5, 5.41) is 8.89. The highest BCUT2D eigenvalue weighted by atomic mass is 16.5. The molecule has 0 saturated carbocycles. The van der Waals surface area contributed by atoms with Gasteiger partial charge in [-0.25, -0.2) is 4.98 Å². The van der Waals surface area contributed by atoms with Crippen molar-refractivity contribution in [3.8, 4) is 11.8 Å². The van der Waals surface area contributed by atoms with Crippen LogP contribution < -0.4 is 4.74 Å². The van der Waals surface area contributed by atoms with E-state index in [9.17, 15) is 0 Å². The Hall–Kier alpha value is -2.80. The first kappa shape index (κ1) is 12.2. The number of fused-ring (bicyclic) bond motifs is 1. The van der Waals surface area contributed by atoms with Crippen molar-refractivity contribution in [2.45, 2.75) is 6.42 Å². The van der Waals surface area contributed by atoms with Gasteiger partial charge in [-0.15, -0.1) is 0 Å². The van der Waals surface area contributed by atoms with Crippen molar-refractivity contribution >= 4 is 5.65 Å². The third kappa shape index (κ3) is 2.34. The Labute approximate surface area is 116 Å². The highest BCUT2D eigenvalue weighted by molar-refractivity contribution is 5.44. The Morgan fingerprint density at radius 1 is 1.15 bits per heavy atom. The van der Waals surface area contributed by atoms with Crippen molar-refractivity contribution in [2.75, 3.05) is 7.11 Å². The number of nitrogens with zero attached hydrogens (tertiary/aromatic N) is 3. The lowest BCUT2D eigenvalue weighted by atomic mass is 10.1. The van der Waals surface area contributed by atoms with Crippen LogP contribution in [0.2, 0.25) is 0 Å². The van der Waals surface area contributed by atoms with Gasteiger partial charge in [-0.2, -0.15) is 5.26 Å². The van der Waals surface area contributed by atoms with E-state index in [0.717, 1.165) is 23.5 Å². The fraction of sp³-hybridized carbons (Fsp3) is 0.125. The zero-order chi connectivity index (χ0) is 13.9. The summed E-state index contributed by atoms with van der Waals surface area (Å²) in [6.07, 6.45) is 4.51. The molecule has 0 radical (unpaired) electrons. The zero-order valence-electron chi connectivity index (χ0n) is 11.1. The molecule has 0 spiro atoms. The number of aromatic nitrogens is 2. The lowest BCUT2D eigenvalue weighted by Gasteiger charge is -2.01. The van der Waals surface area contributed by atoms with Crippen LogP contribution in [0.4, 0.5) is 0 Å². The van der Waals surface area contributed by atoms with E-state index < -0.39 is 0 Å². The van der Waals surface area contributed by atoms with Gasteiger partial charge < -0.3 is 9.14 Å². The van der Waals surface area contributed by atoms with Gasteiger partial charge in [0.25, 0.3) is 0 Å². The molecule has 1 aromatic carbocycles. The van der Waals surface area contributed by atoms with E-state index in [1.54, 1.807) is 19.4 Å². The average molecular weight is 263 g/mol. The summed E-state index contributed by atoms with van der Waals surface area (Å²) in [7, 11) is 1.66. The molecule has 3 rings (SSSR count). The van der Waals surface area contributed by atoms with Crippen molar-refractivity contribution in [3.63, 3.8) is 0 Å². The van der Waals surface area contributed by atoms with Gasteiger partial charge in [0.15, 0.2) is 0 Å². The van der Waals surface area contributed by atoms with Crippen LogP contribution in [0, 0.1) is 11.3 Å². The summed E-state index contributed by atoms with van der Waals surface area (Å²) in [5.41, 5.74) is 3.64. The molecule has 0 aliphatic heterocycles. The number of pyridine rings is 1. The SMILES string of the molecule is COc1ccc(Cc2cn3cc(C#N)ccc3n2)cc1. The average Bonchev–Trinajstić information content (AvgIpc) is 2.89. The van der Waals surface area contributed by atoms with Crippen molar-refractivity contribution in [3.05, 3.63) is 65.6 Å². The highest BCUT2D eigenvalue weighted by Crippen LogP contribution is 2.15. The van der Waals surface area contributed by atoms with Gasteiger partial charge in [-0.05, 0) is 29.8 Å². The Morgan fingerprint density at radius 3 is 2.65 bits per heavy atom.